The van der Waals surface area contributed by atoms with Gasteiger partial charge in [0.05, 0.1) is 29.2 Å². The van der Waals surface area contributed by atoms with Gasteiger partial charge in [0, 0.05) is 5.56 Å². The Morgan fingerprint density at radius 2 is 1.96 bits per heavy atom. The summed E-state index contributed by atoms with van der Waals surface area (Å²) < 4.78 is 12.4. The summed E-state index contributed by atoms with van der Waals surface area (Å²) in [5.41, 5.74) is 2.92. The Morgan fingerprint density at radius 3 is 2.72 bits per heavy atom. The summed E-state index contributed by atoms with van der Waals surface area (Å²) in [7, 11) is 1.66. The molecule has 0 atom stereocenters. The van der Waals surface area contributed by atoms with Crippen molar-refractivity contribution in [2.24, 2.45) is 0 Å². The number of benzene rings is 2. The zero-order valence-corrected chi connectivity index (χ0v) is 16.2. The lowest BCUT2D eigenvalue weighted by Gasteiger charge is -2.14. The highest BCUT2D eigenvalue weighted by atomic mass is 79.9. The number of H-pyrrole nitrogens is 1. The van der Waals surface area contributed by atoms with Crippen LogP contribution in [0.2, 0.25) is 0 Å². The molecule has 0 fully saturated rings. The van der Waals surface area contributed by atoms with Crippen molar-refractivity contribution in [2.75, 3.05) is 13.7 Å². The minimum absolute atomic E-state index is 0.693. The quantitative estimate of drug-likeness (QED) is 0.472. The molecule has 1 aromatic heterocycles. The number of rotatable bonds is 8. The molecule has 0 saturated carbocycles. The van der Waals surface area contributed by atoms with Gasteiger partial charge in [0.25, 0.3) is 0 Å². The van der Waals surface area contributed by atoms with Gasteiger partial charge in [-0.2, -0.15) is 0 Å². The molecule has 1 heterocycles. The van der Waals surface area contributed by atoms with Gasteiger partial charge in [-0.15, -0.1) is 0 Å². The molecule has 0 saturated heterocycles. The van der Waals surface area contributed by atoms with Crippen LogP contribution in [0.25, 0.3) is 22.4 Å². The molecule has 0 aliphatic carbocycles. The molecule has 3 aromatic rings. The van der Waals surface area contributed by atoms with Gasteiger partial charge in [0.1, 0.15) is 5.82 Å². The van der Waals surface area contributed by atoms with E-state index in [1.54, 1.807) is 7.11 Å². The molecule has 0 radical (unpaired) electrons. The van der Waals surface area contributed by atoms with Crippen molar-refractivity contribution >= 4 is 27.0 Å². The van der Waals surface area contributed by atoms with Crippen LogP contribution in [0, 0.1) is 0 Å². The van der Waals surface area contributed by atoms with E-state index in [1.165, 1.54) is 19.3 Å². The van der Waals surface area contributed by atoms with E-state index in [2.05, 4.69) is 32.8 Å². The van der Waals surface area contributed by atoms with Crippen LogP contribution >= 0.6 is 15.9 Å². The van der Waals surface area contributed by atoms with Crippen LogP contribution in [-0.4, -0.2) is 23.7 Å². The second-order valence-electron chi connectivity index (χ2n) is 6.00. The summed E-state index contributed by atoms with van der Waals surface area (Å²) in [6, 6.07) is 12.0. The number of nitrogens with zero attached hydrogens (tertiary/aromatic N) is 1. The van der Waals surface area contributed by atoms with E-state index < -0.39 is 0 Å². The number of nitrogens with one attached hydrogen (secondary N) is 1. The van der Waals surface area contributed by atoms with E-state index in [9.17, 15) is 0 Å². The SMILES string of the molecule is CCCCCCOc1c(Br)cc(-c2nc3ccccc3[nH]2)cc1OC. The van der Waals surface area contributed by atoms with Crippen LogP contribution in [0.1, 0.15) is 32.6 Å². The normalized spacial score (nSPS) is 11.0. The third-order valence-corrected chi connectivity index (χ3v) is 4.73. The van der Waals surface area contributed by atoms with Crippen molar-refractivity contribution in [1.82, 2.24) is 9.97 Å². The van der Waals surface area contributed by atoms with Crippen molar-refractivity contribution in [1.29, 1.82) is 0 Å². The van der Waals surface area contributed by atoms with Crippen LogP contribution in [0.5, 0.6) is 11.5 Å². The topological polar surface area (TPSA) is 47.1 Å². The van der Waals surface area contributed by atoms with Crippen LogP contribution in [0.4, 0.5) is 0 Å². The molecule has 132 valence electrons. The average molecular weight is 403 g/mol. The van der Waals surface area contributed by atoms with Crippen LogP contribution in [0.3, 0.4) is 0 Å². The lowest BCUT2D eigenvalue weighted by Crippen LogP contribution is -2.00. The fraction of sp³-hybridized carbons (Fsp3) is 0.350. The summed E-state index contributed by atoms with van der Waals surface area (Å²) in [5.74, 6) is 2.27. The Bertz CT molecular complexity index is 812. The fourth-order valence-corrected chi connectivity index (χ4v) is 3.35. The third kappa shape index (κ3) is 4.15. The lowest BCUT2D eigenvalue weighted by molar-refractivity contribution is 0.283. The number of fused-ring (bicyclic) bond motifs is 1. The molecule has 4 nitrogen and oxygen atoms in total. The van der Waals surface area contributed by atoms with E-state index in [0.29, 0.717) is 12.4 Å². The van der Waals surface area contributed by atoms with E-state index in [1.807, 2.05) is 36.4 Å². The maximum atomic E-state index is 5.95. The van der Waals surface area contributed by atoms with Gasteiger partial charge in [-0.05, 0) is 46.6 Å². The van der Waals surface area contributed by atoms with Gasteiger partial charge in [0.15, 0.2) is 11.5 Å². The predicted octanol–water partition coefficient (Wildman–Crippen LogP) is 5.96. The third-order valence-electron chi connectivity index (χ3n) is 4.14. The monoisotopic (exact) mass is 402 g/mol. The number of halogens is 1. The van der Waals surface area contributed by atoms with E-state index in [4.69, 9.17) is 9.47 Å². The number of aromatic amines is 1. The lowest BCUT2D eigenvalue weighted by atomic mass is 10.2. The molecule has 0 unspecified atom stereocenters. The van der Waals surface area contributed by atoms with Crippen LogP contribution < -0.4 is 9.47 Å². The average Bonchev–Trinajstić information content (AvgIpc) is 3.06. The first-order valence-corrected chi connectivity index (χ1v) is 9.47. The van der Waals surface area contributed by atoms with Crippen molar-refractivity contribution < 1.29 is 9.47 Å². The number of para-hydroxylation sites is 2. The predicted molar refractivity (Wildman–Crippen MR) is 105 cm³/mol. The number of aromatic nitrogens is 2. The summed E-state index contributed by atoms with van der Waals surface area (Å²) in [4.78, 5) is 8.00. The first-order valence-electron chi connectivity index (χ1n) is 8.68. The van der Waals surface area contributed by atoms with Gasteiger partial charge < -0.3 is 14.5 Å². The number of unbranched alkanes of at least 4 members (excludes halogenated alkanes) is 3. The van der Waals surface area contributed by atoms with Crippen LogP contribution in [-0.2, 0) is 0 Å². The number of ether oxygens (including phenoxy) is 2. The second kappa shape index (κ2) is 8.39. The van der Waals surface area contributed by atoms with Crippen molar-refractivity contribution in [3.8, 4) is 22.9 Å². The van der Waals surface area contributed by atoms with Gasteiger partial charge in [-0.1, -0.05) is 38.3 Å². The molecular weight excluding hydrogens is 380 g/mol. The second-order valence-corrected chi connectivity index (χ2v) is 6.86. The fourth-order valence-electron chi connectivity index (χ4n) is 2.79. The molecule has 25 heavy (non-hydrogen) atoms. The highest BCUT2D eigenvalue weighted by Crippen LogP contribution is 2.39. The van der Waals surface area contributed by atoms with E-state index in [-0.39, 0.29) is 0 Å². The Morgan fingerprint density at radius 1 is 1.12 bits per heavy atom. The van der Waals surface area contributed by atoms with Gasteiger partial charge in [-0.25, -0.2) is 4.98 Å². The minimum Gasteiger partial charge on any atom is -0.493 e. The van der Waals surface area contributed by atoms with Gasteiger partial charge in [0.2, 0.25) is 0 Å². The highest BCUT2D eigenvalue weighted by Gasteiger charge is 2.14. The molecule has 0 amide bonds. The summed E-state index contributed by atoms with van der Waals surface area (Å²) in [5, 5.41) is 0. The Kier molecular flexibility index (Phi) is 5.97. The van der Waals surface area contributed by atoms with Gasteiger partial charge >= 0.3 is 0 Å². The molecule has 0 aliphatic heterocycles. The molecule has 1 N–H and O–H groups in total. The zero-order chi connectivity index (χ0) is 17.6. The van der Waals surface area contributed by atoms with Crippen molar-refractivity contribution in [3.05, 3.63) is 40.9 Å². The molecular formula is C20H23BrN2O2. The maximum absolute atomic E-state index is 5.95. The van der Waals surface area contributed by atoms with Crippen LogP contribution in [0.15, 0.2) is 40.9 Å². The largest absolute Gasteiger partial charge is 0.493 e. The smallest absolute Gasteiger partial charge is 0.175 e. The van der Waals surface area contributed by atoms with Crippen molar-refractivity contribution in [3.63, 3.8) is 0 Å². The maximum Gasteiger partial charge on any atom is 0.175 e. The van der Waals surface area contributed by atoms with Gasteiger partial charge in [-0.3, -0.25) is 0 Å². The molecule has 5 heteroatoms. The number of hydrogen-bond acceptors (Lipinski definition) is 3. The first kappa shape index (κ1) is 17.8. The first-order chi connectivity index (χ1) is 12.2. The molecule has 0 spiro atoms. The standard InChI is InChI=1S/C20H23BrN2O2/c1-3-4-5-8-11-25-19-15(21)12-14(13-18(19)24-2)20-22-16-9-6-7-10-17(16)23-20/h6-7,9-10,12-13H,3-5,8,11H2,1-2H3,(H,22,23). The van der Waals surface area contributed by atoms with E-state index >= 15 is 0 Å². The summed E-state index contributed by atoms with van der Waals surface area (Å²) >= 11 is 3.62. The highest BCUT2D eigenvalue weighted by molar-refractivity contribution is 9.10. The zero-order valence-electron chi connectivity index (χ0n) is 14.6. The Balaban J connectivity index is 1.83. The summed E-state index contributed by atoms with van der Waals surface area (Å²) in [6.07, 6.45) is 4.70. The number of imidazole rings is 1. The summed E-state index contributed by atoms with van der Waals surface area (Å²) in [6.45, 7) is 2.90. The minimum atomic E-state index is 0.693. The molecule has 0 bridgehead atoms. The molecule has 0 aliphatic rings. The number of hydrogen-bond donors (Lipinski definition) is 1. The number of methoxy groups -OCH3 is 1. The Labute approximate surface area is 156 Å². The van der Waals surface area contributed by atoms with Crippen molar-refractivity contribution in [2.45, 2.75) is 32.6 Å². The van der Waals surface area contributed by atoms with E-state index in [0.717, 1.165) is 39.1 Å². The molecule has 2 aromatic carbocycles. The Hall–Kier alpha value is -2.01. The molecule has 3 rings (SSSR count).